The second-order valence-electron chi connectivity index (χ2n) is 3.59. The molecule has 0 aliphatic heterocycles. The molecule has 0 fully saturated rings. The number of methoxy groups -OCH3 is 1. The Balaban J connectivity index is 2.44. The fourth-order valence-electron chi connectivity index (χ4n) is 1.72. The van der Waals surface area contributed by atoms with Crippen molar-refractivity contribution in [1.82, 2.24) is 0 Å². The molecule has 2 aromatic carbocycles. The van der Waals surface area contributed by atoms with E-state index in [2.05, 4.69) is 6.07 Å². The highest BCUT2D eigenvalue weighted by atomic mass is 16.5. The molecule has 2 heteroatoms. The van der Waals surface area contributed by atoms with Crippen LogP contribution < -0.4 is 9.47 Å². The zero-order valence-corrected chi connectivity index (χ0v) is 10.1. The van der Waals surface area contributed by atoms with Crippen LogP contribution in [0, 0.1) is 6.07 Å². The van der Waals surface area contributed by atoms with Gasteiger partial charge in [-0.3, -0.25) is 0 Å². The van der Waals surface area contributed by atoms with E-state index in [1.54, 1.807) is 7.11 Å². The molecule has 87 valence electrons. The van der Waals surface area contributed by atoms with Crippen LogP contribution in [0.25, 0.3) is 11.1 Å². The lowest BCUT2D eigenvalue weighted by molar-refractivity contribution is 0.341. The van der Waals surface area contributed by atoms with Crippen molar-refractivity contribution in [2.45, 2.75) is 6.92 Å². The molecule has 2 nitrogen and oxygen atoms in total. The van der Waals surface area contributed by atoms with E-state index >= 15 is 0 Å². The molecule has 0 saturated carbocycles. The summed E-state index contributed by atoms with van der Waals surface area (Å²) in [6.45, 7) is 2.62. The number of hydrogen-bond donors (Lipinski definition) is 0. The Hall–Kier alpha value is -1.96. The molecule has 0 aliphatic carbocycles. The van der Waals surface area contributed by atoms with Crippen LogP contribution in [0.2, 0.25) is 0 Å². The van der Waals surface area contributed by atoms with Gasteiger partial charge in [0.25, 0.3) is 0 Å². The minimum Gasteiger partial charge on any atom is -0.497 e. The smallest absolute Gasteiger partial charge is 0.127 e. The summed E-state index contributed by atoms with van der Waals surface area (Å²) in [4.78, 5) is 0. The van der Waals surface area contributed by atoms with Gasteiger partial charge < -0.3 is 9.47 Å². The van der Waals surface area contributed by atoms with Gasteiger partial charge in [-0.15, -0.1) is 0 Å². The third-order valence-electron chi connectivity index (χ3n) is 2.51. The molecule has 0 spiro atoms. The Morgan fingerprint density at radius 2 is 2.12 bits per heavy atom. The minimum absolute atomic E-state index is 0.648. The minimum atomic E-state index is 0.648. The molecule has 0 N–H and O–H groups in total. The maximum Gasteiger partial charge on any atom is 0.127 e. The quantitative estimate of drug-likeness (QED) is 0.795. The molecule has 1 radical (unpaired) electrons. The van der Waals surface area contributed by atoms with E-state index in [4.69, 9.17) is 9.47 Å². The largest absolute Gasteiger partial charge is 0.497 e. The summed E-state index contributed by atoms with van der Waals surface area (Å²) in [6.07, 6.45) is 0. The van der Waals surface area contributed by atoms with Crippen LogP contribution >= 0.6 is 0 Å². The molecule has 2 aromatic rings. The van der Waals surface area contributed by atoms with E-state index in [1.807, 2.05) is 49.4 Å². The van der Waals surface area contributed by atoms with Crippen molar-refractivity contribution in [2.75, 3.05) is 13.7 Å². The van der Waals surface area contributed by atoms with E-state index in [-0.39, 0.29) is 0 Å². The second kappa shape index (κ2) is 5.39. The van der Waals surface area contributed by atoms with Crippen molar-refractivity contribution >= 4 is 0 Å². The zero-order chi connectivity index (χ0) is 12.1. The summed E-state index contributed by atoms with van der Waals surface area (Å²) < 4.78 is 10.8. The van der Waals surface area contributed by atoms with Gasteiger partial charge in [0.2, 0.25) is 0 Å². The monoisotopic (exact) mass is 227 g/mol. The second-order valence-corrected chi connectivity index (χ2v) is 3.59. The highest BCUT2D eigenvalue weighted by Gasteiger charge is 2.05. The van der Waals surface area contributed by atoms with Gasteiger partial charge in [0.1, 0.15) is 11.5 Å². The van der Waals surface area contributed by atoms with Gasteiger partial charge in [0.15, 0.2) is 0 Å². The van der Waals surface area contributed by atoms with Crippen LogP contribution in [0.5, 0.6) is 11.5 Å². The fourth-order valence-corrected chi connectivity index (χ4v) is 1.72. The molecule has 0 atom stereocenters. The van der Waals surface area contributed by atoms with E-state index in [9.17, 15) is 0 Å². The third kappa shape index (κ3) is 2.59. The molecular weight excluding hydrogens is 212 g/mol. The van der Waals surface area contributed by atoms with E-state index < -0.39 is 0 Å². The summed E-state index contributed by atoms with van der Waals surface area (Å²) >= 11 is 0. The molecular formula is C15H15O2. The average Bonchev–Trinajstić information content (AvgIpc) is 2.40. The predicted octanol–water partition coefficient (Wildman–Crippen LogP) is 3.56. The predicted molar refractivity (Wildman–Crippen MR) is 68.4 cm³/mol. The van der Waals surface area contributed by atoms with Crippen LogP contribution in [0.15, 0.2) is 42.5 Å². The SMILES string of the molecule is CCOc1c[c]ccc1-c1cccc(OC)c1. The first-order chi connectivity index (χ1) is 8.35. The van der Waals surface area contributed by atoms with Crippen LogP contribution in [0.3, 0.4) is 0 Å². The lowest BCUT2D eigenvalue weighted by Crippen LogP contribution is -1.94. The van der Waals surface area contributed by atoms with E-state index in [0.29, 0.717) is 6.61 Å². The fraction of sp³-hybridized carbons (Fsp3) is 0.200. The maximum absolute atomic E-state index is 5.59. The Morgan fingerprint density at radius 1 is 1.24 bits per heavy atom. The van der Waals surface area contributed by atoms with Crippen molar-refractivity contribution in [3.8, 4) is 22.6 Å². The summed E-state index contributed by atoms with van der Waals surface area (Å²) in [5.41, 5.74) is 2.14. The molecule has 0 amide bonds. The van der Waals surface area contributed by atoms with Gasteiger partial charge in [-0.05, 0) is 36.8 Å². The van der Waals surface area contributed by atoms with Crippen molar-refractivity contribution in [1.29, 1.82) is 0 Å². The van der Waals surface area contributed by atoms with Gasteiger partial charge in [-0.25, -0.2) is 0 Å². The molecule has 17 heavy (non-hydrogen) atoms. The Bertz CT molecular complexity index is 492. The van der Waals surface area contributed by atoms with Gasteiger partial charge in [-0.1, -0.05) is 24.3 Å². The van der Waals surface area contributed by atoms with Crippen LogP contribution in [-0.2, 0) is 0 Å². The Kier molecular flexibility index (Phi) is 3.66. The third-order valence-corrected chi connectivity index (χ3v) is 2.51. The number of rotatable bonds is 4. The molecule has 0 saturated heterocycles. The molecule has 0 aliphatic rings. The van der Waals surface area contributed by atoms with Gasteiger partial charge in [-0.2, -0.15) is 0 Å². The van der Waals surface area contributed by atoms with Gasteiger partial charge in [0, 0.05) is 5.56 Å². The van der Waals surface area contributed by atoms with Gasteiger partial charge in [0.05, 0.1) is 13.7 Å². The summed E-state index contributed by atoms with van der Waals surface area (Å²) in [6, 6.07) is 16.7. The topological polar surface area (TPSA) is 18.5 Å². The Labute approximate surface area is 102 Å². The first-order valence-corrected chi connectivity index (χ1v) is 5.62. The first-order valence-electron chi connectivity index (χ1n) is 5.62. The first kappa shape index (κ1) is 11.5. The van der Waals surface area contributed by atoms with Crippen LogP contribution in [0.1, 0.15) is 6.92 Å². The lowest BCUT2D eigenvalue weighted by atomic mass is 10.0. The summed E-state index contributed by atoms with van der Waals surface area (Å²) in [7, 11) is 1.67. The van der Waals surface area contributed by atoms with Crippen LogP contribution in [-0.4, -0.2) is 13.7 Å². The standard InChI is InChI=1S/C15H15O2/c1-3-17-15-10-5-4-9-14(15)12-7-6-8-13(11-12)16-2/h4,6-11H,3H2,1-2H3. The highest BCUT2D eigenvalue weighted by molar-refractivity contribution is 5.71. The van der Waals surface area contributed by atoms with Gasteiger partial charge >= 0.3 is 0 Å². The number of ether oxygens (including phenoxy) is 2. The summed E-state index contributed by atoms with van der Waals surface area (Å²) in [5, 5.41) is 0. The summed E-state index contributed by atoms with van der Waals surface area (Å²) in [5.74, 6) is 1.70. The zero-order valence-electron chi connectivity index (χ0n) is 10.1. The average molecular weight is 227 g/mol. The Morgan fingerprint density at radius 3 is 2.88 bits per heavy atom. The van der Waals surface area contributed by atoms with Crippen molar-refractivity contribution in [2.24, 2.45) is 0 Å². The van der Waals surface area contributed by atoms with E-state index in [1.165, 1.54) is 0 Å². The van der Waals surface area contributed by atoms with E-state index in [0.717, 1.165) is 22.6 Å². The van der Waals surface area contributed by atoms with Crippen molar-refractivity contribution < 1.29 is 9.47 Å². The number of hydrogen-bond acceptors (Lipinski definition) is 2. The molecule has 0 bridgehead atoms. The molecule has 0 unspecified atom stereocenters. The normalized spacial score (nSPS) is 10.0. The highest BCUT2D eigenvalue weighted by Crippen LogP contribution is 2.31. The molecule has 0 aromatic heterocycles. The molecule has 2 rings (SSSR count). The van der Waals surface area contributed by atoms with Crippen molar-refractivity contribution in [3.05, 3.63) is 48.5 Å². The van der Waals surface area contributed by atoms with Crippen LogP contribution in [0.4, 0.5) is 0 Å². The van der Waals surface area contributed by atoms with Crippen molar-refractivity contribution in [3.63, 3.8) is 0 Å². The maximum atomic E-state index is 5.59. The number of benzene rings is 2. The lowest BCUT2D eigenvalue weighted by Gasteiger charge is -2.10. The molecule has 0 heterocycles.